The molecule has 0 fully saturated rings. The summed E-state index contributed by atoms with van der Waals surface area (Å²) in [5.41, 5.74) is 1.29. The van der Waals surface area contributed by atoms with Gasteiger partial charge in [0, 0.05) is 11.6 Å². The van der Waals surface area contributed by atoms with Crippen molar-refractivity contribution < 1.29 is 4.74 Å². The highest BCUT2D eigenvalue weighted by Crippen LogP contribution is 2.15. The molecule has 1 aromatic carbocycles. The zero-order valence-corrected chi connectivity index (χ0v) is 11.5. The lowest BCUT2D eigenvalue weighted by Gasteiger charge is -2.11. The number of hydrogen-bond acceptors (Lipinski definition) is 4. The van der Waals surface area contributed by atoms with Gasteiger partial charge < -0.3 is 10.1 Å². The van der Waals surface area contributed by atoms with Crippen molar-refractivity contribution in [2.45, 2.75) is 19.4 Å². The molecule has 1 unspecified atom stereocenters. The summed E-state index contributed by atoms with van der Waals surface area (Å²) in [6, 6.07) is 8.51. The minimum absolute atomic E-state index is 0.315. The first kappa shape index (κ1) is 13.1. The number of nitrogens with one attached hydrogen (secondary N) is 1. The number of benzene rings is 1. The Morgan fingerprint density at radius 1 is 1.44 bits per heavy atom. The molecule has 2 aromatic rings. The van der Waals surface area contributed by atoms with Gasteiger partial charge in [-0.15, -0.1) is 11.3 Å². The normalized spacial score (nSPS) is 12.3. The third kappa shape index (κ3) is 3.55. The van der Waals surface area contributed by atoms with Crippen LogP contribution in [0, 0.1) is 0 Å². The molecule has 18 heavy (non-hydrogen) atoms. The molecule has 0 amide bonds. The number of ether oxygens (including phenoxy) is 1. The molecule has 1 heterocycles. The molecule has 0 aliphatic carbocycles. The highest BCUT2D eigenvalue weighted by atomic mass is 32.1. The molecule has 0 bridgehead atoms. The van der Waals surface area contributed by atoms with Crippen molar-refractivity contribution in [3.8, 4) is 5.75 Å². The molecule has 0 aliphatic heterocycles. The summed E-state index contributed by atoms with van der Waals surface area (Å²) in [7, 11) is 1.70. The Hall–Kier alpha value is -1.39. The molecule has 0 saturated carbocycles. The smallest absolute Gasteiger partial charge is 0.119 e. The largest absolute Gasteiger partial charge is 0.497 e. The van der Waals surface area contributed by atoms with Gasteiger partial charge in [0.1, 0.15) is 10.8 Å². The van der Waals surface area contributed by atoms with Crippen LogP contribution in [0.4, 0.5) is 0 Å². The van der Waals surface area contributed by atoms with Crippen LogP contribution in [0.25, 0.3) is 0 Å². The van der Waals surface area contributed by atoms with Crippen molar-refractivity contribution in [2.75, 3.05) is 13.7 Å². The molecular weight excluding hydrogens is 244 g/mol. The van der Waals surface area contributed by atoms with Gasteiger partial charge in [-0.25, -0.2) is 4.98 Å². The average Bonchev–Trinajstić information content (AvgIpc) is 2.93. The molecule has 1 aromatic heterocycles. The van der Waals surface area contributed by atoms with Crippen LogP contribution in [-0.4, -0.2) is 18.6 Å². The van der Waals surface area contributed by atoms with Crippen molar-refractivity contribution >= 4 is 11.3 Å². The molecule has 0 aliphatic rings. The van der Waals surface area contributed by atoms with Gasteiger partial charge in [-0.1, -0.05) is 12.1 Å². The Kier molecular flexibility index (Phi) is 4.73. The number of nitrogens with zero attached hydrogens (tertiary/aromatic N) is 1. The first-order valence-corrected chi connectivity index (χ1v) is 6.93. The van der Waals surface area contributed by atoms with E-state index in [-0.39, 0.29) is 0 Å². The Morgan fingerprint density at radius 2 is 2.33 bits per heavy atom. The lowest BCUT2D eigenvalue weighted by molar-refractivity contribution is 0.414. The highest BCUT2D eigenvalue weighted by Gasteiger charge is 2.06. The van der Waals surface area contributed by atoms with E-state index in [2.05, 4.69) is 29.4 Å². The number of hydrogen-bond donors (Lipinski definition) is 1. The SMILES string of the molecule is COc1cccc(CCNC(C)c2nccs2)c1. The molecule has 4 heteroatoms. The first-order valence-electron chi connectivity index (χ1n) is 6.05. The highest BCUT2D eigenvalue weighted by molar-refractivity contribution is 7.09. The molecule has 0 radical (unpaired) electrons. The maximum atomic E-state index is 5.21. The fraction of sp³-hybridized carbons (Fsp3) is 0.357. The van der Waals surface area contributed by atoms with Gasteiger partial charge in [-0.2, -0.15) is 0 Å². The summed E-state index contributed by atoms with van der Waals surface area (Å²) in [5, 5.41) is 6.63. The maximum Gasteiger partial charge on any atom is 0.119 e. The van der Waals surface area contributed by atoms with E-state index in [1.54, 1.807) is 18.4 Å². The van der Waals surface area contributed by atoms with Crippen molar-refractivity contribution in [3.05, 3.63) is 46.4 Å². The van der Waals surface area contributed by atoms with Crippen molar-refractivity contribution in [2.24, 2.45) is 0 Å². The Bertz CT molecular complexity index is 470. The van der Waals surface area contributed by atoms with E-state index in [1.807, 2.05) is 23.7 Å². The van der Waals surface area contributed by atoms with E-state index < -0.39 is 0 Å². The molecule has 1 atom stereocenters. The number of methoxy groups -OCH3 is 1. The molecule has 96 valence electrons. The predicted octanol–water partition coefficient (Wildman–Crippen LogP) is 3.05. The minimum Gasteiger partial charge on any atom is -0.497 e. The van der Waals surface area contributed by atoms with Gasteiger partial charge in [-0.05, 0) is 37.6 Å². The van der Waals surface area contributed by atoms with Crippen molar-refractivity contribution in [3.63, 3.8) is 0 Å². The summed E-state index contributed by atoms with van der Waals surface area (Å²) < 4.78 is 5.21. The molecular formula is C14H18N2OS. The third-order valence-corrected chi connectivity index (χ3v) is 3.78. The summed E-state index contributed by atoms with van der Waals surface area (Å²) >= 11 is 1.69. The van der Waals surface area contributed by atoms with Crippen LogP contribution < -0.4 is 10.1 Å². The van der Waals surface area contributed by atoms with E-state index in [1.165, 1.54) is 5.56 Å². The molecule has 0 saturated heterocycles. The topological polar surface area (TPSA) is 34.1 Å². The zero-order chi connectivity index (χ0) is 12.8. The monoisotopic (exact) mass is 262 g/mol. The van der Waals surface area contributed by atoms with E-state index in [4.69, 9.17) is 4.74 Å². The zero-order valence-electron chi connectivity index (χ0n) is 10.7. The lowest BCUT2D eigenvalue weighted by Crippen LogP contribution is -2.21. The van der Waals surface area contributed by atoms with Gasteiger partial charge in [-0.3, -0.25) is 0 Å². The van der Waals surface area contributed by atoms with E-state index in [0.717, 1.165) is 23.7 Å². The number of aromatic nitrogens is 1. The third-order valence-electron chi connectivity index (χ3n) is 2.82. The molecule has 2 rings (SSSR count). The minimum atomic E-state index is 0.315. The quantitative estimate of drug-likeness (QED) is 0.869. The van der Waals surface area contributed by atoms with Crippen LogP contribution in [0.3, 0.4) is 0 Å². The van der Waals surface area contributed by atoms with Gasteiger partial charge in [0.15, 0.2) is 0 Å². The Morgan fingerprint density at radius 3 is 3.06 bits per heavy atom. The molecule has 3 nitrogen and oxygen atoms in total. The van der Waals surface area contributed by atoms with Crippen LogP contribution in [0.5, 0.6) is 5.75 Å². The maximum absolute atomic E-state index is 5.21. The average molecular weight is 262 g/mol. The Balaban J connectivity index is 1.81. The van der Waals surface area contributed by atoms with Crippen LogP contribution >= 0.6 is 11.3 Å². The van der Waals surface area contributed by atoms with Gasteiger partial charge in [0.05, 0.1) is 13.2 Å². The van der Waals surface area contributed by atoms with E-state index in [9.17, 15) is 0 Å². The second-order valence-corrected chi connectivity index (χ2v) is 5.07. The van der Waals surface area contributed by atoms with Crippen molar-refractivity contribution in [1.29, 1.82) is 0 Å². The Labute approximate surface area is 112 Å². The van der Waals surface area contributed by atoms with Crippen LogP contribution in [0.2, 0.25) is 0 Å². The number of rotatable bonds is 6. The van der Waals surface area contributed by atoms with Crippen molar-refractivity contribution in [1.82, 2.24) is 10.3 Å². The fourth-order valence-corrected chi connectivity index (χ4v) is 2.47. The van der Waals surface area contributed by atoms with Gasteiger partial charge >= 0.3 is 0 Å². The lowest BCUT2D eigenvalue weighted by atomic mass is 10.1. The predicted molar refractivity (Wildman–Crippen MR) is 75.2 cm³/mol. The summed E-state index contributed by atoms with van der Waals surface area (Å²) in [6.45, 7) is 3.08. The second kappa shape index (κ2) is 6.52. The van der Waals surface area contributed by atoms with Crippen LogP contribution in [0.1, 0.15) is 23.5 Å². The standard InChI is InChI=1S/C14H18N2OS/c1-11(14-16-8-9-18-14)15-7-6-12-4-3-5-13(10-12)17-2/h3-5,8-11,15H,6-7H2,1-2H3. The van der Waals surface area contributed by atoms with Crippen LogP contribution in [-0.2, 0) is 6.42 Å². The van der Waals surface area contributed by atoms with Crippen LogP contribution in [0.15, 0.2) is 35.8 Å². The second-order valence-electron chi connectivity index (χ2n) is 4.15. The summed E-state index contributed by atoms with van der Waals surface area (Å²) in [6.07, 6.45) is 2.84. The molecule has 1 N–H and O–H groups in total. The van der Waals surface area contributed by atoms with E-state index >= 15 is 0 Å². The first-order chi connectivity index (χ1) is 8.79. The summed E-state index contributed by atoms with van der Waals surface area (Å²) in [5.74, 6) is 0.917. The summed E-state index contributed by atoms with van der Waals surface area (Å²) in [4.78, 5) is 4.31. The molecule has 0 spiro atoms. The fourth-order valence-electron chi connectivity index (χ4n) is 1.80. The van der Waals surface area contributed by atoms with Gasteiger partial charge in [0.2, 0.25) is 0 Å². The number of thiazole rings is 1. The van der Waals surface area contributed by atoms with Gasteiger partial charge in [0.25, 0.3) is 0 Å². The van der Waals surface area contributed by atoms with E-state index in [0.29, 0.717) is 6.04 Å².